The van der Waals surface area contributed by atoms with Crippen molar-refractivity contribution in [2.24, 2.45) is 4.99 Å². The summed E-state index contributed by atoms with van der Waals surface area (Å²) in [4.78, 5) is 16.3. The van der Waals surface area contributed by atoms with Crippen molar-refractivity contribution in [2.45, 2.75) is 0 Å². The molecule has 2 aromatic rings. The molecule has 3 rings (SSSR count). The SMILES string of the molecule is COc1ccc(C=C2N=C(c3ccccc3Cl)OC2=O)cc1OC. The predicted octanol–water partition coefficient (Wildman–Crippen LogP) is 3.70. The maximum absolute atomic E-state index is 12.0. The molecule has 0 atom stereocenters. The number of nitrogens with zero attached hydrogens (tertiary/aromatic N) is 1. The summed E-state index contributed by atoms with van der Waals surface area (Å²) in [5.41, 5.74) is 1.50. The van der Waals surface area contributed by atoms with Crippen molar-refractivity contribution in [1.29, 1.82) is 0 Å². The van der Waals surface area contributed by atoms with E-state index in [1.165, 1.54) is 0 Å². The van der Waals surface area contributed by atoms with Crippen LogP contribution in [0.4, 0.5) is 0 Å². The van der Waals surface area contributed by atoms with E-state index in [0.29, 0.717) is 22.1 Å². The molecule has 0 fully saturated rings. The Balaban J connectivity index is 1.96. The lowest BCUT2D eigenvalue weighted by Crippen LogP contribution is -2.05. The van der Waals surface area contributed by atoms with Gasteiger partial charge in [0.2, 0.25) is 5.90 Å². The molecular formula is C18H14ClNO4. The van der Waals surface area contributed by atoms with E-state index in [1.807, 2.05) is 0 Å². The molecule has 122 valence electrons. The Hall–Kier alpha value is -2.79. The minimum atomic E-state index is -0.528. The maximum Gasteiger partial charge on any atom is 0.363 e. The van der Waals surface area contributed by atoms with Gasteiger partial charge in [0.25, 0.3) is 0 Å². The van der Waals surface area contributed by atoms with Gasteiger partial charge in [-0.25, -0.2) is 9.79 Å². The Labute approximate surface area is 144 Å². The van der Waals surface area contributed by atoms with Gasteiger partial charge in [-0.15, -0.1) is 0 Å². The van der Waals surface area contributed by atoms with Crippen LogP contribution in [-0.2, 0) is 9.53 Å². The maximum atomic E-state index is 12.0. The van der Waals surface area contributed by atoms with Crippen molar-refractivity contribution < 1.29 is 19.0 Å². The van der Waals surface area contributed by atoms with Gasteiger partial charge in [-0.2, -0.15) is 0 Å². The Morgan fingerprint density at radius 2 is 1.83 bits per heavy atom. The molecule has 0 radical (unpaired) electrons. The predicted molar refractivity (Wildman–Crippen MR) is 91.6 cm³/mol. The van der Waals surface area contributed by atoms with Crippen molar-refractivity contribution in [1.82, 2.24) is 0 Å². The van der Waals surface area contributed by atoms with Gasteiger partial charge in [0, 0.05) is 0 Å². The van der Waals surface area contributed by atoms with Crippen LogP contribution in [0.3, 0.4) is 0 Å². The first-order valence-electron chi connectivity index (χ1n) is 7.12. The Morgan fingerprint density at radius 1 is 1.08 bits per heavy atom. The van der Waals surface area contributed by atoms with Gasteiger partial charge in [-0.3, -0.25) is 0 Å². The second-order valence-electron chi connectivity index (χ2n) is 4.93. The molecule has 0 aromatic heterocycles. The van der Waals surface area contributed by atoms with E-state index in [9.17, 15) is 4.79 Å². The summed E-state index contributed by atoms with van der Waals surface area (Å²) in [6.45, 7) is 0. The van der Waals surface area contributed by atoms with Crippen LogP contribution in [0.5, 0.6) is 11.5 Å². The fourth-order valence-electron chi connectivity index (χ4n) is 2.26. The van der Waals surface area contributed by atoms with Crippen LogP contribution in [0, 0.1) is 0 Å². The third-order valence-electron chi connectivity index (χ3n) is 3.44. The van der Waals surface area contributed by atoms with Crippen molar-refractivity contribution in [2.75, 3.05) is 14.2 Å². The number of cyclic esters (lactones) is 1. The summed E-state index contributed by atoms with van der Waals surface area (Å²) in [5.74, 6) is 0.833. The summed E-state index contributed by atoms with van der Waals surface area (Å²) in [5, 5.41) is 0.469. The second-order valence-corrected chi connectivity index (χ2v) is 5.34. The Kier molecular flexibility index (Phi) is 4.53. The van der Waals surface area contributed by atoms with Crippen LogP contribution in [0.2, 0.25) is 5.02 Å². The number of halogens is 1. The molecule has 24 heavy (non-hydrogen) atoms. The van der Waals surface area contributed by atoms with Gasteiger partial charge in [0.15, 0.2) is 17.2 Å². The van der Waals surface area contributed by atoms with Crippen LogP contribution in [0.1, 0.15) is 11.1 Å². The lowest BCUT2D eigenvalue weighted by atomic mass is 10.1. The van der Waals surface area contributed by atoms with E-state index < -0.39 is 5.97 Å². The van der Waals surface area contributed by atoms with Gasteiger partial charge in [-0.05, 0) is 35.9 Å². The molecule has 0 aliphatic carbocycles. The quantitative estimate of drug-likeness (QED) is 0.627. The van der Waals surface area contributed by atoms with Crippen LogP contribution in [0.25, 0.3) is 6.08 Å². The number of carbonyl (C=O) groups excluding carboxylic acids is 1. The molecule has 1 heterocycles. The largest absolute Gasteiger partial charge is 0.493 e. The number of carbonyl (C=O) groups is 1. The lowest BCUT2D eigenvalue weighted by Gasteiger charge is -2.07. The number of rotatable bonds is 4. The van der Waals surface area contributed by atoms with E-state index in [0.717, 1.165) is 5.56 Å². The van der Waals surface area contributed by atoms with Crippen LogP contribution < -0.4 is 9.47 Å². The molecule has 0 spiro atoms. The number of methoxy groups -OCH3 is 2. The molecule has 1 aliphatic heterocycles. The van der Waals surface area contributed by atoms with Gasteiger partial charge >= 0.3 is 5.97 Å². The summed E-state index contributed by atoms with van der Waals surface area (Å²) in [6.07, 6.45) is 1.62. The molecule has 0 saturated carbocycles. The van der Waals surface area contributed by atoms with Gasteiger partial charge in [0.05, 0.1) is 24.8 Å². The molecular weight excluding hydrogens is 330 g/mol. The van der Waals surface area contributed by atoms with E-state index in [4.69, 9.17) is 25.8 Å². The molecule has 5 nitrogen and oxygen atoms in total. The van der Waals surface area contributed by atoms with E-state index in [2.05, 4.69) is 4.99 Å². The zero-order valence-corrected chi connectivity index (χ0v) is 13.8. The van der Waals surface area contributed by atoms with Crippen molar-refractivity contribution >= 4 is 29.5 Å². The van der Waals surface area contributed by atoms with Crippen molar-refractivity contribution in [3.63, 3.8) is 0 Å². The normalized spacial score (nSPS) is 15.2. The molecule has 0 unspecified atom stereocenters. The summed E-state index contributed by atoms with van der Waals surface area (Å²) in [6, 6.07) is 12.4. The number of benzene rings is 2. The molecule has 6 heteroatoms. The number of esters is 1. The first kappa shape index (κ1) is 16.1. The van der Waals surface area contributed by atoms with E-state index >= 15 is 0 Å². The first-order chi connectivity index (χ1) is 11.6. The number of hydrogen-bond donors (Lipinski definition) is 0. The smallest absolute Gasteiger partial charge is 0.363 e. The third kappa shape index (κ3) is 3.12. The summed E-state index contributed by atoms with van der Waals surface area (Å²) >= 11 is 6.11. The molecule has 0 N–H and O–H groups in total. The fraction of sp³-hybridized carbons (Fsp3) is 0.111. The standard InChI is InChI=1S/C18H14ClNO4/c1-22-15-8-7-11(10-16(15)23-2)9-14-18(21)24-17(20-14)12-5-3-4-6-13(12)19/h3-10H,1-2H3. The Morgan fingerprint density at radius 3 is 2.54 bits per heavy atom. The Bertz CT molecular complexity index is 858. The minimum Gasteiger partial charge on any atom is -0.493 e. The second kappa shape index (κ2) is 6.76. The average molecular weight is 344 g/mol. The van der Waals surface area contributed by atoms with Gasteiger partial charge < -0.3 is 14.2 Å². The van der Waals surface area contributed by atoms with Crippen LogP contribution in [-0.4, -0.2) is 26.1 Å². The highest BCUT2D eigenvalue weighted by molar-refractivity contribution is 6.34. The zero-order valence-electron chi connectivity index (χ0n) is 13.1. The topological polar surface area (TPSA) is 57.1 Å². The molecule has 2 aromatic carbocycles. The number of hydrogen-bond acceptors (Lipinski definition) is 5. The van der Waals surface area contributed by atoms with Crippen LogP contribution in [0.15, 0.2) is 53.2 Å². The number of ether oxygens (including phenoxy) is 3. The summed E-state index contributed by atoms with van der Waals surface area (Å²) in [7, 11) is 3.11. The van der Waals surface area contributed by atoms with Crippen molar-refractivity contribution in [3.05, 3.63) is 64.3 Å². The van der Waals surface area contributed by atoms with Gasteiger partial charge in [-0.1, -0.05) is 29.8 Å². The van der Waals surface area contributed by atoms with Crippen molar-refractivity contribution in [3.8, 4) is 11.5 Å². The monoisotopic (exact) mass is 343 g/mol. The number of aliphatic imine (C=N–C) groups is 1. The minimum absolute atomic E-state index is 0.192. The highest BCUT2D eigenvalue weighted by Crippen LogP contribution is 2.29. The lowest BCUT2D eigenvalue weighted by molar-refractivity contribution is -0.129. The molecule has 0 amide bonds. The third-order valence-corrected chi connectivity index (χ3v) is 3.77. The highest BCUT2D eigenvalue weighted by Gasteiger charge is 2.25. The summed E-state index contributed by atoms with van der Waals surface area (Å²) < 4.78 is 15.7. The fourth-order valence-corrected chi connectivity index (χ4v) is 2.48. The molecule has 0 bridgehead atoms. The van der Waals surface area contributed by atoms with Crippen LogP contribution >= 0.6 is 11.6 Å². The van der Waals surface area contributed by atoms with E-state index in [-0.39, 0.29) is 11.6 Å². The van der Waals surface area contributed by atoms with E-state index in [1.54, 1.807) is 62.8 Å². The molecule has 0 saturated heterocycles. The first-order valence-corrected chi connectivity index (χ1v) is 7.49. The zero-order chi connectivity index (χ0) is 17.1. The molecule has 1 aliphatic rings. The highest BCUT2D eigenvalue weighted by atomic mass is 35.5. The average Bonchev–Trinajstić information content (AvgIpc) is 2.95. The van der Waals surface area contributed by atoms with Gasteiger partial charge in [0.1, 0.15) is 0 Å².